The highest BCUT2D eigenvalue weighted by atomic mass is 35.5. The number of carbonyl (C=O) groups excluding carboxylic acids is 1. The summed E-state index contributed by atoms with van der Waals surface area (Å²) in [4.78, 5) is 40.4. The summed E-state index contributed by atoms with van der Waals surface area (Å²) in [6.07, 6.45) is 6.60. The van der Waals surface area contributed by atoms with Gasteiger partial charge in [0.25, 0.3) is 21.6 Å². The number of halogens is 1. The number of thioether (sulfide) groups is 1. The molecule has 5 heterocycles. The van der Waals surface area contributed by atoms with Gasteiger partial charge in [0.1, 0.15) is 16.4 Å². The number of carbonyl (C=O) groups is 1. The van der Waals surface area contributed by atoms with Crippen LogP contribution in [-0.4, -0.2) is 110 Å². The maximum absolute atomic E-state index is 14.5. The summed E-state index contributed by atoms with van der Waals surface area (Å²) >= 11 is 7.68. The molecule has 2 saturated heterocycles. The molecule has 0 radical (unpaired) electrons. The molecule has 3 aliphatic heterocycles. The molecule has 0 saturated carbocycles. The van der Waals surface area contributed by atoms with Crippen molar-refractivity contribution in [1.29, 1.82) is 0 Å². The van der Waals surface area contributed by atoms with Gasteiger partial charge in [0.15, 0.2) is 0 Å². The fourth-order valence-corrected chi connectivity index (χ4v) is 11.7. The van der Waals surface area contributed by atoms with Crippen LogP contribution >= 0.6 is 23.4 Å². The molecular weight excluding hydrogens is 912 g/mol. The Kier molecular flexibility index (Phi) is 13.4. The number of aliphatic hydroxyl groups is 1. The van der Waals surface area contributed by atoms with Crippen molar-refractivity contribution < 1.29 is 28.0 Å². The third kappa shape index (κ3) is 10.6. The first-order valence-electron chi connectivity index (χ1n) is 22.9. The smallest absolute Gasteiger partial charge is 0.293 e. The number of H-pyrrole nitrogens is 1. The summed E-state index contributed by atoms with van der Waals surface area (Å²) in [7, 11) is -4.62. The normalized spacial score (nSPS) is 20.7. The number of fused-ring (bicyclic) bond motifs is 2. The number of ether oxygens (including phenoxy) is 1. The summed E-state index contributed by atoms with van der Waals surface area (Å²) in [6.45, 7) is 12.1. The zero-order valence-electron chi connectivity index (χ0n) is 38.0. The van der Waals surface area contributed by atoms with Gasteiger partial charge in [-0.05, 0) is 116 Å². The highest BCUT2D eigenvalue weighted by molar-refractivity contribution is 7.99. The number of aromatic amines is 1. The van der Waals surface area contributed by atoms with Crippen LogP contribution in [0.1, 0.15) is 68.8 Å². The number of rotatable bonds is 12. The molecule has 354 valence electrons. The number of β-amino-alcohol motifs (C(OH)–C–C–N with tert-alkyl or cyclic N) is 1. The van der Waals surface area contributed by atoms with Crippen molar-refractivity contribution in [3.8, 4) is 0 Å². The van der Waals surface area contributed by atoms with Gasteiger partial charge in [-0.3, -0.25) is 19.8 Å². The van der Waals surface area contributed by atoms with E-state index in [0.717, 1.165) is 73.9 Å². The Morgan fingerprint density at radius 2 is 1.78 bits per heavy atom. The topological polar surface area (TPSA) is 186 Å². The van der Waals surface area contributed by atoms with E-state index in [1.165, 1.54) is 40.6 Å². The number of nitro benzene ring substituents is 1. The van der Waals surface area contributed by atoms with Crippen molar-refractivity contribution in [3.05, 3.63) is 111 Å². The number of piperazine rings is 1. The number of sulfonamides is 1. The predicted molar refractivity (Wildman–Crippen MR) is 265 cm³/mol. The Labute approximate surface area is 400 Å². The van der Waals surface area contributed by atoms with Gasteiger partial charge in [-0.15, -0.1) is 11.8 Å². The summed E-state index contributed by atoms with van der Waals surface area (Å²) < 4.78 is 35.7. The van der Waals surface area contributed by atoms with Crippen LogP contribution in [0.5, 0.6) is 0 Å². The van der Waals surface area contributed by atoms with Crippen LogP contribution in [0.2, 0.25) is 5.02 Å². The first-order valence-corrected chi connectivity index (χ1v) is 25.7. The molecule has 15 nitrogen and oxygen atoms in total. The van der Waals surface area contributed by atoms with Crippen molar-refractivity contribution in [3.63, 3.8) is 0 Å². The third-order valence-electron chi connectivity index (χ3n) is 13.5. The maximum Gasteiger partial charge on any atom is 0.293 e. The van der Waals surface area contributed by atoms with Gasteiger partial charge in [0.05, 0.1) is 38.9 Å². The summed E-state index contributed by atoms with van der Waals surface area (Å²) in [6, 6.07) is 21.0. The first kappa shape index (κ1) is 46.9. The van der Waals surface area contributed by atoms with Crippen molar-refractivity contribution in [2.24, 2.45) is 11.3 Å². The van der Waals surface area contributed by atoms with Crippen LogP contribution in [0.3, 0.4) is 0 Å². The minimum Gasteiger partial charge on any atom is -0.387 e. The molecule has 1 amide bonds. The fraction of sp³-hybridized carbons (Fsp3) is 0.429. The molecule has 67 heavy (non-hydrogen) atoms. The fourth-order valence-electron chi connectivity index (χ4n) is 9.61. The molecule has 4 aliphatic rings. The number of nitro groups is 1. The Balaban J connectivity index is 1.01. The van der Waals surface area contributed by atoms with E-state index < -0.39 is 37.0 Å². The Bertz CT molecular complexity index is 2820. The van der Waals surface area contributed by atoms with E-state index in [9.17, 15) is 28.4 Å². The van der Waals surface area contributed by atoms with E-state index in [0.29, 0.717) is 60.6 Å². The number of hydrogen-bond donors (Lipinski definition) is 4. The predicted octanol–water partition coefficient (Wildman–Crippen LogP) is 8.86. The summed E-state index contributed by atoms with van der Waals surface area (Å²) in [5.41, 5.74) is 5.43. The van der Waals surface area contributed by atoms with E-state index in [4.69, 9.17) is 21.3 Å². The van der Waals surface area contributed by atoms with Crippen molar-refractivity contribution in [2.45, 2.75) is 68.4 Å². The highest BCUT2D eigenvalue weighted by Gasteiger charge is 2.36. The van der Waals surface area contributed by atoms with E-state index in [-0.39, 0.29) is 29.1 Å². The lowest BCUT2D eigenvalue weighted by Gasteiger charge is -2.39. The zero-order chi connectivity index (χ0) is 47.1. The standard InChI is InChI=1S/C49H57ClN8O7S2/c1-48(2)16-12-35(40(27-48)33-4-6-36(50)7-5-33)29-55-18-20-56(21-19-55)37-8-10-39(42(25-37)57-30-49(3,60)31-66-47-44(57)24-34-13-17-51-45(34)53-47)46(59)54-67(63,64)38-9-11-41(43(26-38)58(61)62)52-28-32-14-22-65-23-15-32/h4-11,13,17,24-26,32,52,60H,12,14-16,18-23,27-31H2,1-3H3,(H,51,53)(H,54,59). The molecule has 4 N–H and O–H groups in total. The SMILES string of the molecule is CC1(C)CCC(CN2CCN(c3ccc(C(=O)NS(=O)(=O)c4ccc(NCC5CCOCC5)c([N+](=O)[O-])c4)c(N4CC(C)(O)CSc5nc6[nH]ccc6cc54)c3)CC2)=C(c2ccc(Cl)cc2)C1. The quantitative estimate of drug-likeness (QED) is 0.0687. The summed E-state index contributed by atoms with van der Waals surface area (Å²) in [5, 5.41) is 29.3. The number of nitrogens with zero attached hydrogens (tertiary/aromatic N) is 5. The van der Waals surface area contributed by atoms with Crippen molar-refractivity contribution >= 4 is 84.3 Å². The number of amides is 1. The molecule has 0 spiro atoms. The number of allylic oxidation sites excluding steroid dienone is 1. The van der Waals surface area contributed by atoms with E-state index in [1.54, 1.807) is 19.2 Å². The number of pyridine rings is 1. The molecule has 18 heteroatoms. The van der Waals surface area contributed by atoms with Gasteiger partial charge >= 0.3 is 0 Å². The van der Waals surface area contributed by atoms with Crippen LogP contribution < -0.4 is 19.8 Å². The average molecular weight is 970 g/mol. The summed E-state index contributed by atoms with van der Waals surface area (Å²) in [5.74, 6) is -0.346. The van der Waals surface area contributed by atoms with E-state index in [2.05, 4.69) is 50.8 Å². The lowest BCUT2D eigenvalue weighted by atomic mass is 9.72. The molecule has 1 atom stereocenters. The third-order valence-corrected chi connectivity index (χ3v) is 16.4. The number of nitrogens with one attached hydrogen (secondary N) is 3. The van der Waals surface area contributed by atoms with Crippen LogP contribution in [0.4, 0.5) is 28.4 Å². The Morgan fingerprint density at radius 1 is 1.01 bits per heavy atom. The van der Waals surface area contributed by atoms with Crippen molar-refractivity contribution in [2.75, 3.05) is 79.9 Å². The minimum absolute atomic E-state index is 0.0416. The number of anilines is 4. The molecule has 1 aliphatic carbocycles. The number of benzene rings is 3. The second kappa shape index (κ2) is 19.1. The first-order chi connectivity index (χ1) is 32.0. The molecule has 3 aromatic carbocycles. The van der Waals surface area contributed by atoms with Gasteiger partial charge < -0.3 is 29.9 Å². The van der Waals surface area contributed by atoms with Gasteiger partial charge in [0.2, 0.25) is 0 Å². The molecule has 5 aromatic rings. The highest BCUT2D eigenvalue weighted by Crippen LogP contribution is 2.45. The molecular formula is C49H57ClN8O7S2. The van der Waals surface area contributed by atoms with Gasteiger partial charge in [-0.25, -0.2) is 18.1 Å². The van der Waals surface area contributed by atoms with Crippen LogP contribution in [0, 0.1) is 21.4 Å². The average Bonchev–Trinajstić information content (AvgIpc) is 3.72. The Hall–Kier alpha value is -5.17. The van der Waals surface area contributed by atoms with E-state index >= 15 is 0 Å². The van der Waals surface area contributed by atoms with Crippen LogP contribution in [0.25, 0.3) is 16.6 Å². The number of aromatic nitrogens is 2. The van der Waals surface area contributed by atoms with Crippen molar-refractivity contribution in [1.82, 2.24) is 19.6 Å². The van der Waals surface area contributed by atoms with E-state index in [1.807, 2.05) is 41.3 Å². The molecule has 2 aromatic heterocycles. The molecule has 1 unspecified atom stereocenters. The number of hydrogen-bond acceptors (Lipinski definition) is 13. The van der Waals surface area contributed by atoms with Crippen LogP contribution in [-0.2, 0) is 14.8 Å². The maximum atomic E-state index is 14.5. The zero-order valence-corrected chi connectivity index (χ0v) is 40.4. The second-order valence-electron chi connectivity index (χ2n) is 19.3. The molecule has 2 fully saturated rings. The Morgan fingerprint density at radius 3 is 2.52 bits per heavy atom. The minimum atomic E-state index is -4.62. The lowest BCUT2D eigenvalue weighted by molar-refractivity contribution is -0.384. The van der Waals surface area contributed by atoms with Gasteiger partial charge in [0, 0.05) is 86.6 Å². The van der Waals surface area contributed by atoms with Gasteiger partial charge in [-0.1, -0.05) is 43.2 Å². The molecule has 9 rings (SSSR count). The lowest BCUT2D eigenvalue weighted by Crippen LogP contribution is -2.47. The molecule has 0 bridgehead atoms. The van der Waals surface area contributed by atoms with Crippen LogP contribution in [0.15, 0.2) is 94.5 Å². The monoisotopic (exact) mass is 968 g/mol. The largest absolute Gasteiger partial charge is 0.387 e. The van der Waals surface area contributed by atoms with Gasteiger partial charge in [-0.2, -0.15) is 0 Å². The second-order valence-corrected chi connectivity index (χ2v) is 22.4.